The van der Waals surface area contributed by atoms with Gasteiger partial charge < -0.3 is 19.9 Å². The number of benzene rings is 1. The molecule has 1 aromatic carbocycles. The maximum Gasteiger partial charge on any atom is 0.131 e. The Balaban J connectivity index is 0.00000162. The summed E-state index contributed by atoms with van der Waals surface area (Å²) in [4.78, 5) is 0. The zero-order chi connectivity index (χ0) is 12.4. The first-order valence-electron chi connectivity index (χ1n) is 5.76. The molecule has 0 aliphatic heterocycles. The van der Waals surface area contributed by atoms with E-state index in [1.165, 1.54) is 12.8 Å². The summed E-state index contributed by atoms with van der Waals surface area (Å²) in [6, 6.07) is 3.67. The highest BCUT2D eigenvalue weighted by molar-refractivity contribution is 5.85. The molecule has 1 aliphatic carbocycles. The van der Waals surface area contributed by atoms with Crippen molar-refractivity contribution in [3.05, 3.63) is 17.7 Å². The third kappa shape index (κ3) is 2.82. The van der Waals surface area contributed by atoms with E-state index in [4.69, 9.17) is 19.9 Å². The molecular formula is C13H20ClNO3. The molecule has 1 saturated carbocycles. The van der Waals surface area contributed by atoms with Crippen molar-refractivity contribution < 1.29 is 14.2 Å². The van der Waals surface area contributed by atoms with Crippen LogP contribution >= 0.6 is 12.4 Å². The summed E-state index contributed by atoms with van der Waals surface area (Å²) in [7, 11) is 4.89. The van der Waals surface area contributed by atoms with Crippen molar-refractivity contribution in [2.45, 2.75) is 18.9 Å². The van der Waals surface area contributed by atoms with Crippen LogP contribution in [0.1, 0.15) is 24.4 Å². The summed E-state index contributed by atoms with van der Waals surface area (Å²) in [5.41, 5.74) is 7.19. The van der Waals surface area contributed by atoms with Crippen LogP contribution in [0.5, 0.6) is 17.2 Å². The number of rotatable bonds is 5. The monoisotopic (exact) mass is 273 g/mol. The van der Waals surface area contributed by atoms with Crippen molar-refractivity contribution in [2.75, 3.05) is 21.3 Å². The summed E-state index contributed by atoms with van der Waals surface area (Å²) in [6.07, 6.45) is 2.36. The van der Waals surface area contributed by atoms with Crippen LogP contribution in [-0.4, -0.2) is 21.3 Å². The maximum absolute atomic E-state index is 6.24. The second-order valence-corrected chi connectivity index (χ2v) is 4.31. The topological polar surface area (TPSA) is 53.7 Å². The first-order valence-corrected chi connectivity index (χ1v) is 5.76. The van der Waals surface area contributed by atoms with Crippen molar-refractivity contribution >= 4 is 12.4 Å². The van der Waals surface area contributed by atoms with E-state index < -0.39 is 0 Å². The average molecular weight is 274 g/mol. The normalized spacial score (nSPS) is 15.6. The van der Waals surface area contributed by atoms with Gasteiger partial charge in [0.1, 0.15) is 17.2 Å². The third-order valence-corrected chi connectivity index (χ3v) is 3.22. The fraction of sp³-hybridized carbons (Fsp3) is 0.538. The van der Waals surface area contributed by atoms with Gasteiger partial charge in [-0.1, -0.05) is 0 Å². The molecule has 0 amide bonds. The fourth-order valence-corrected chi connectivity index (χ4v) is 2.05. The Morgan fingerprint density at radius 2 is 1.56 bits per heavy atom. The molecular weight excluding hydrogens is 254 g/mol. The van der Waals surface area contributed by atoms with Gasteiger partial charge >= 0.3 is 0 Å². The largest absolute Gasteiger partial charge is 0.496 e. The van der Waals surface area contributed by atoms with Gasteiger partial charge in [0.05, 0.1) is 26.9 Å². The smallest absolute Gasteiger partial charge is 0.131 e. The quantitative estimate of drug-likeness (QED) is 0.896. The lowest BCUT2D eigenvalue weighted by Gasteiger charge is -2.19. The lowest BCUT2D eigenvalue weighted by atomic mass is 10.0. The van der Waals surface area contributed by atoms with Gasteiger partial charge in [-0.05, 0) is 18.8 Å². The number of methoxy groups -OCH3 is 3. The van der Waals surface area contributed by atoms with Crippen molar-refractivity contribution in [2.24, 2.45) is 11.7 Å². The zero-order valence-corrected chi connectivity index (χ0v) is 11.8. The van der Waals surface area contributed by atoms with Crippen molar-refractivity contribution in [1.29, 1.82) is 0 Å². The number of hydrogen-bond acceptors (Lipinski definition) is 4. The van der Waals surface area contributed by atoms with E-state index in [-0.39, 0.29) is 18.4 Å². The first kappa shape index (κ1) is 14.9. The number of ether oxygens (including phenoxy) is 3. The molecule has 4 nitrogen and oxygen atoms in total. The lowest BCUT2D eigenvalue weighted by Crippen LogP contribution is -2.15. The second-order valence-electron chi connectivity index (χ2n) is 4.31. The molecule has 1 aliphatic rings. The molecule has 5 heteroatoms. The van der Waals surface area contributed by atoms with E-state index in [0.717, 1.165) is 17.1 Å². The van der Waals surface area contributed by atoms with E-state index in [1.54, 1.807) is 21.3 Å². The summed E-state index contributed by atoms with van der Waals surface area (Å²) in [6.45, 7) is 0. The van der Waals surface area contributed by atoms with Crippen LogP contribution in [-0.2, 0) is 0 Å². The molecule has 0 unspecified atom stereocenters. The second kappa shape index (κ2) is 6.16. The SMILES string of the molecule is COc1cc(OC)c([C@@H](N)C2CC2)c(OC)c1.Cl. The molecule has 1 atom stereocenters. The Labute approximate surface area is 114 Å². The summed E-state index contributed by atoms with van der Waals surface area (Å²) in [5, 5.41) is 0. The molecule has 2 N–H and O–H groups in total. The summed E-state index contributed by atoms with van der Waals surface area (Å²) < 4.78 is 16.0. The van der Waals surface area contributed by atoms with Crippen LogP contribution in [0, 0.1) is 5.92 Å². The van der Waals surface area contributed by atoms with Gasteiger partial charge in [0.25, 0.3) is 0 Å². The summed E-state index contributed by atoms with van der Waals surface area (Å²) in [5.74, 6) is 2.73. The Bertz CT molecular complexity index is 382. The molecule has 0 aromatic heterocycles. The molecule has 0 saturated heterocycles. The molecule has 0 radical (unpaired) electrons. The minimum absolute atomic E-state index is 0. The van der Waals surface area contributed by atoms with Gasteiger partial charge in [0.15, 0.2) is 0 Å². The highest BCUT2D eigenvalue weighted by Crippen LogP contribution is 2.46. The number of hydrogen-bond donors (Lipinski definition) is 1. The molecule has 1 aromatic rings. The Morgan fingerprint density at radius 3 is 1.89 bits per heavy atom. The highest BCUT2D eigenvalue weighted by atomic mass is 35.5. The third-order valence-electron chi connectivity index (χ3n) is 3.22. The molecule has 0 spiro atoms. The van der Waals surface area contributed by atoms with Gasteiger partial charge in [-0.25, -0.2) is 0 Å². The van der Waals surface area contributed by atoms with Crippen molar-refractivity contribution in [1.82, 2.24) is 0 Å². The first-order chi connectivity index (χ1) is 8.21. The Morgan fingerprint density at radius 1 is 1.06 bits per heavy atom. The Hall–Kier alpha value is -1.13. The van der Waals surface area contributed by atoms with Gasteiger partial charge in [0, 0.05) is 18.2 Å². The van der Waals surface area contributed by atoms with Gasteiger partial charge in [-0.15, -0.1) is 12.4 Å². The van der Waals surface area contributed by atoms with Crippen LogP contribution in [0.4, 0.5) is 0 Å². The van der Waals surface area contributed by atoms with E-state index in [1.807, 2.05) is 12.1 Å². The number of nitrogens with two attached hydrogens (primary N) is 1. The van der Waals surface area contributed by atoms with Crippen LogP contribution in [0.15, 0.2) is 12.1 Å². The molecule has 1 fully saturated rings. The predicted octanol–water partition coefficient (Wildman–Crippen LogP) is 2.54. The van der Waals surface area contributed by atoms with Crippen LogP contribution in [0.3, 0.4) is 0 Å². The highest BCUT2D eigenvalue weighted by Gasteiger charge is 2.33. The minimum atomic E-state index is -0.0224. The zero-order valence-electron chi connectivity index (χ0n) is 10.9. The average Bonchev–Trinajstić information content (AvgIpc) is 3.20. The van der Waals surface area contributed by atoms with Crippen LogP contribution < -0.4 is 19.9 Å². The van der Waals surface area contributed by atoms with Gasteiger partial charge in [0.2, 0.25) is 0 Å². The van der Waals surface area contributed by atoms with E-state index >= 15 is 0 Å². The lowest BCUT2D eigenvalue weighted by molar-refractivity contribution is 0.361. The van der Waals surface area contributed by atoms with E-state index in [0.29, 0.717) is 11.7 Å². The Kier molecular flexibility index (Phi) is 5.11. The van der Waals surface area contributed by atoms with Crippen LogP contribution in [0.2, 0.25) is 0 Å². The predicted molar refractivity (Wildman–Crippen MR) is 73.0 cm³/mol. The fourth-order valence-electron chi connectivity index (χ4n) is 2.05. The van der Waals surface area contributed by atoms with Crippen molar-refractivity contribution in [3.8, 4) is 17.2 Å². The number of halogens is 1. The van der Waals surface area contributed by atoms with E-state index in [9.17, 15) is 0 Å². The maximum atomic E-state index is 6.24. The standard InChI is InChI=1S/C13H19NO3.ClH/c1-15-9-6-10(16-2)12(11(7-9)17-3)13(14)8-4-5-8;/h6-8,13H,4-5,14H2,1-3H3;1H/t13-;/m0./s1. The van der Waals surface area contributed by atoms with Gasteiger partial charge in [-0.2, -0.15) is 0 Å². The molecule has 2 rings (SSSR count). The van der Waals surface area contributed by atoms with Crippen LogP contribution in [0.25, 0.3) is 0 Å². The molecule has 0 heterocycles. The molecule has 102 valence electrons. The minimum Gasteiger partial charge on any atom is -0.496 e. The molecule has 0 bridgehead atoms. The van der Waals surface area contributed by atoms with Crippen molar-refractivity contribution in [3.63, 3.8) is 0 Å². The molecule has 18 heavy (non-hydrogen) atoms. The van der Waals surface area contributed by atoms with Gasteiger partial charge in [-0.3, -0.25) is 0 Å². The van der Waals surface area contributed by atoms with E-state index in [2.05, 4.69) is 0 Å². The summed E-state index contributed by atoms with van der Waals surface area (Å²) >= 11 is 0.